The molecule has 1 saturated heterocycles. The van der Waals surface area contributed by atoms with Gasteiger partial charge in [-0.15, -0.1) is 0 Å². The minimum Gasteiger partial charge on any atom is -0.396 e. The zero-order valence-corrected chi connectivity index (χ0v) is 13.2. The number of aliphatic hydroxyl groups is 1. The third-order valence-corrected chi connectivity index (χ3v) is 4.16. The van der Waals surface area contributed by atoms with Crippen LogP contribution in [0.2, 0.25) is 5.02 Å². The summed E-state index contributed by atoms with van der Waals surface area (Å²) in [4.78, 5) is 14.6. The van der Waals surface area contributed by atoms with E-state index in [1.807, 2.05) is 17.9 Å². The summed E-state index contributed by atoms with van der Waals surface area (Å²) in [7, 11) is 0. The van der Waals surface area contributed by atoms with Gasteiger partial charge in [0.2, 0.25) is 0 Å². The monoisotopic (exact) mass is 310 g/mol. The first-order chi connectivity index (χ1) is 10.2. The van der Waals surface area contributed by atoms with Gasteiger partial charge in [-0.3, -0.25) is 4.79 Å². The van der Waals surface area contributed by atoms with Crippen LogP contribution in [-0.2, 0) is 0 Å². The third-order valence-electron chi connectivity index (χ3n) is 3.92. The van der Waals surface area contributed by atoms with Crippen molar-refractivity contribution in [3.8, 4) is 0 Å². The number of halogens is 1. The second kappa shape index (κ2) is 7.66. The van der Waals surface area contributed by atoms with E-state index < -0.39 is 0 Å². The van der Waals surface area contributed by atoms with Crippen LogP contribution < -0.4 is 5.32 Å². The largest absolute Gasteiger partial charge is 0.396 e. The van der Waals surface area contributed by atoms with E-state index in [9.17, 15) is 4.79 Å². The topological polar surface area (TPSA) is 52.6 Å². The quantitative estimate of drug-likeness (QED) is 0.879. The fraction of sp³-hybridized carbons (Fsp3) is 0.562. The highest BCUT2D eigenvalue weighted by Gasteiger charge is 2.25. The number of nitrogens with zero attached hydrogens (tertiary/aromatic N) is 1. The molecule has 1 atom stereocenters. The van der Waals surface area contributed by atoms with Gasteiger partial charge < -0.3 is 15.3 Å². The maximum absolute atomic E-state index is 12.8. The average Bonchev–Trinajstić information content (AvgIpc) is 2.49. The molecule has 4 nitrogen and oxygen atoms in total. The summed E-state index contributed by atoms with van der Waals surface area (Å²) < 4.78 is 0. The molecule has 1 aliphatic heterocycles. The van der Waals surface area contributed by atoms with Crippen LogP contribution >= 0.6 is 11.6 Å². The molecular formula is C16H23ClN2O2. The standard InChI is InChI=1S/C16H23ClN2O2/c1-2-18-15-6-5-13(17)10-14(15)16(21)19-8-3-4-12(11-19)7-9-20/h5-6,10,12,18,20H,2-4,7-9,11H2,1H3. The molecule has 1 aliphatic rings. The first kappa shape index (κ1) is 16.1. The SMILES string of the molecule is CCNc1ccc(Cl)cc1C(=O)N1CCCC(CCO)C1. The molecule has 5 heteroatoms. The van der Waals surface area contributed by atoms with Crippen molar-refractivity contribution in [1.82, 2.24) is 4.90 Å². The first-order valence-electron chi connectivity index (χ1n) is 7.59. The van der Waals surface area contributed by atoms with Crippen LogP contribution in [0.25, 0.3) is 0 Å². The van der Waals surface area contributed by atoms with Crippen molar-refractivity contribution in [2.75, 3.05) is 31.6 Å². The van der Waals surface area contributed by atoms with E-state index in [0.29, 0.717) is 16.5 Å². The van der Waals surface area contributed by atoms with Gasteiger partial charge in [0.05, 0.1) is 5.56 Å². The number of hydrogen-bond acceptors (Lipinski definition) is 3. The van der Waals surface area contributed by atoms with Crippen molar-refractivity contribution in [2.24, 2.45) is 5.92 Å². The molecular weight excluding hydrogens is 288 g/mol. The van der Waals surface area contributed by atoms with Crippen LogP contribution in [0.5, 0.6) is 0 Å². The summed E-state index contributed by atoms with van der Waals surface area (Å²) in [6, 6.07) is 5.38. The molecule has 0 radical (unpaired) electrons. The summed E-state index contributed by atoms with van der Waals surface area (Å²) in [5.74, 6) is 0.422. The Balaban J connectivity index is 2.16. The lowest BCUT2D eigenvalue weighted by molar-refractivity contribution is 0.0654. The highest BCUT2D eigenvalue weighted by atomic mass is 35.5. The Hall–Kier alpha value is -1.26. The molecule has 21 heavy (non-hydrogen) atoms. The van der Waals surface area contributed by atoms with Crippen LogP contribution in [0.4, 0.5) is 5.69 Å². The van der Waals surface area contributed by atoms with Crippen molar-refractivity contribution < 1.29 is 9.90 Å². The number of hydrogen-bond donors (Lipinski definition) is 2. The number of amides is 1. The van der Waals surface area contributed by atoms with Gasteiger partial charge in [0.1, 0.15) is 0 Å². The number of likely N-dealkylation sites (tertiary alicyclic amines) is 1. The highest BCUT2D eigenvalue weighted by Crippen LogP contribution is 2.26. The lowest BCUT2D eigenvalue weighted by atomic mass is 9.94. The van der Waals surface area contributed by atoms with Gasteiger partial charge in [0.25, 0.3) is 5.91 Å². The number of aliphatic hydroxyl groups excluding tert-OH is 1. The summed E-state index contributed by atoms with van der Waals surface area (Å²) in [6.45, 7) is 4.44. The summed E-state index contributed by atoms with van der Waals surface area (Å²) in [5.41, 5.74) is 1.46. The van der Waals surface area contributed by atoms with E-state index in [1.54, 1.807) is 12.1 Å². The summed E-state index contributed by atoms with van der Waals surface area (Å²) in [6.07, 6.45) is 2.84. The molecule has 0 spiro atoms. The Labute approximate surface area is 131 Å². The van der Waals surface area contributed by atoms with Gasteiger partial charge in [0, 0.05) is 37.0 Å². The smallest absolute Gasteiger partial charge is 0.256 e. The molecule has 0 bridgehead atoms. The van der Waals surface area contributed by atoms with E-state index in [4.69, 9.17) is 16.7 Å². The van der Waals surface area contributed by atoms with Gasteiger partial charge in [-0.05, 0) is 50.3 Å². The second-order valence-electron chi connectivity index (χ2n) is 5.49. The van der Waals surface area contributed by atoms with Gasteiger partial charge in [-0.1, -0.05) is 11.6 Å². The maximum Gasteiger partial charge on any atom is 0.256 e. The predicted molar refractivity (Wildman–Crippen MR) is 85.9 cm³/mol. The van der Waals surface area contributed by atoms with E-state index in [-0.39, 0.29) is 12.5 Å². The zero-order valence-electron chi connectivity index (χ0n) is 12.4. The lowest BCUT2D eigenvalue weighted by Crippen LogP contribution is -2.40. The molecule has 116 valence electrons. The third kappa shape index (κ3) is 4.11. The Morgan fingerprint density at radius 1 is 1.52 bits per heavy atom. The Morgan fingerprint density at radius 3 is 3.05 bits per heavy atom. The molecule has 1 unspecified atom stereocenters. The van der Waals surface area contributed by atoms with Crippen LogP contribution in [0.15, 0.2) is 18.2 Å². The van der Waals surface area contributed by atoms with Gasteiger partial charge in [-0.25, -0.2) is 0 Å². The minimum atomic E-state index is 0.0242. The fourth-order valence-electron chi connectivity index (χ4n) is 2.88. The van der Waals surface area contributed by atoms with Crippen LogP contribution in [0.3, 0.4) is 0 Å². The first-order valence-corrected chi connectivity index (χ1v) is 7.97. The maximum atomic E-state index is 12.8. The van der Waals surface area contributed by atoms with Crippen LogP contribution in [0, 0.1) is 5.92 Å². The van der Waals surface area contributed by atoms with Crippen molar-refractivity contribution in [1.29, 1.82) is 0 Å². The Morgan fingerprint density at radius 2 is 2.33 bits per heavy atom. The molecule has 0 saturated carbocycles. The normalized spacial score (nSPS) is 18.6. The van der Waals surface area contributed by atoms with Gasteiger partial charge >= 0.3 is 0 Å². The predicted octanol–water partition coefficient (Wildman–Crippen LogP) is 3.01. The number of carbonyl (C=O) groups is 1. The Kier molecular flexibility index (Phi) is 5.88. The highest BCUT2D eigenvalue weighted by molar-refractivity contribution is 6.31. The number of carbonyl (C=O) groups excluding carboxylic acids is 1. The van der Waals surface area contributed by atoms with Crippen molar-refractivity contribution in [3.05, 3.63) is 28.8 Å². The number of piperidine rings is 1. The molecule has 1 amide bonds. The minimum absolute atomic E-state index is 0.0242. The molecule has 0 aromatic heterocycles. The molecule has 0 aliphatic carbocycles. The molecule has 1 fully saturated rings. The van der Waals surface area contributed by atoms with Crippen LogP contribution in [-0.4, -0.2) is 42.2 Å². The number of anilines is 1. The molecule has 1 aromatic rings. The fourth-order valence-corrected chi connectivity index (χ4v) is 3.05. The summed E-state index contributed by atoms with van der Waals surface area (Å²) in [5, 5.41) is 12.9. The lowest BCUT2D eigenvalue weighted by Gasteiger charge is -2.33. The van der Waals surface area contributed by atoms with E-state index in [2.05, 4.69) is 5.32 Å². The molecule has 1 heterocycles. The van der Waals surface area contributed by atoms with Crippen molar-refractivity contribution >= 4 is 23.2 Å². The number of benzene rings is 1. The summed E-state index contributed by atoms with van der Waals surface area (Å²) >= 11 is 6.05. The van der Waals surface area contributed by atoms with Gasteiger partial charge in [-0.2, -0.15) is 0 Å². The second-order valence-corrected chi connectivity index (χ2v) is 5.93. The average molecular weight is 311 g/mol. The van der Waals surface area contributed by atoms with Gasteiger partial charge in [0.15, 0.2) is 0 Å². The van der Waals surface area contributed by atoms with Crippen molar-refractivity contribution in [2.45, 2.75) is 26.2 Å². The van der Waals surface area contributed by atoms with E-state index >= 15 is 0 Å². The molecule has 2 rings (SSSR count). The molecule has 2 N–H and O–H groups in total. The van der Waals surface area contributed by atoms with E-state index in [1.165, 1.54) is 0 Å². The number of rotatable bonds is 5. The zero-order chi connectivity index (χ0) is 15.2. The molecule has 1 aromatic carbocycles. The van der Waals surface area contributed by atoms with Crippen LogP contribution in [0.1, 0.15) is 36.5 Å². The van der Waals surface area contributed by atoms with Crippen molar-refractivity contribution in [3.63, 3.8) is 0 Å². The van der Waals surface area contributed by atoms with E-state index in [0.717, 1.165) is 44.6 Å². The number of nitrogens with one attached hydrogen (secondary N) is 1. The Bertz CT molecular complexity index is 491.